The first-order valence-corrected chi connectivity index (χ1v) is 8.59. The maximum atomic E-state index is 13.1. The van der Waals surface area contributed by atoms with E-state index in [9.17, 15) is 9.59 Å². The number of benzene rings is 1. The van der Waals surface area contributed by atoms with E-state index in [4.69, 9.17) is 0 Å². The number of carbonyl (C=O) groups is 2. The highest BCUT2D eigenvalue weighted by Gasteiger charge is 2.56. The first kappa shape index (κ1) is 16.0. The fraction of sp³-hybridized carbons (Fsp3) is 0.579. The molecule has 1 N–H and O–H groups in total. The van der Waals surface area contributed by atoms with Crippen LogP contribution in [0.5, 0.6) is 0 Å². The van der Waals surface area contributed by atoms with Crippen molar-refractivity contribution in [3.8, 4) is 0 Å². The van der Waals surface area contributed by atoms with Crippen LogP contribution >= 0.6 is 0 Å². The third-order valence-corrected chi connectivity index (χ3v) is 5.15. The predicted octanol–water partition coefficient (Wildman–Crippen LogP) is 2.73. The van der Waals surface area contributed by atoms with Gasteiger partial charge in [-0.25, -0.2) is 0 Å². The molecule has 23 heavy (non-hydrogen) atoms. The van der Waals surface area contributed by atoms with Gasteiger partial charge in [-0.05, 0) is 43.6 Å². The van der Waals surface area contributed by atoms with Crippen molar-refractivity contribution in [2.75, 3.05) is 0 Å². The van der Waals surface area contributed by atoms with Crippen LogP contribution in [0.4, 0.5) is 0 Å². The Balaban J connectivity index is 1.91. The quantitative estimate of drug-likeness (QED) is 0.908. The third kappa shape index (κ3) is 2.99. The largest absolute Gasteiger partial charge is 0.342 e. The lowest BCUT2D eigenvalue weighted by molar-refractivity contribution is -0.159. The molecule has 2 fully saturated rings. The third-order valence-electron chi connectivity index (χ3n) is 5.15. The Morgan fingerprint density at radius 2 is 1.87 bits per heavy atom. The van der Waals surface area contributed by atoms with E-state index in [1.54, 1.807) is 0 Å². The first-order chi connectivity index (χ1) is 10.9. The van der Waals surface area contributed by atoms with E-state index >= 15 is 0 Å². The molecule has 1 aromatic carbocycles. The second-order valence-corrected chi connectivity index (χ2v) is 7.49. The Hall–Kier alpha value is -1.84. The zero-order valence-electron chi connectivity index (χ0n) is 14.2. The smallest absolute Gasteiger partial charge is 0.246 e. The van der Waals surface area contributed by atoms with Gasteiger partial charge < -0.3 is 10.2 Å². The number of piperazine rings is 1. The maximum Gasteiger partial charge on any atom is 0.246 e. The Morgan fingerprint density at radius 3 is 2.43 bits per heavy atom. The fourth-order valence-electron chi connectivity index (χ4n) is 3.60. The highest BCUT2D eigenvalue weighted by Crippen LogP contribution is 2.45. The van der Waals surface area contributed by atoms with Crippen LogP contribution in [0.1, 0.15) is 45.6 Å². The molecular weight excluding hydrogens is 288 g/mol. The van der Waals surface area contributed by atoms with Crippen molar-refractivity contribution in [2.24, 2.45) is 11.8 Å². The number of amides is 2. The summed E-state index contributed by atoms with van der Waals surface area (Å²) >= 11 is 0. The zero-order chi connectivity index (χ0) is 16.6. The van der Waals surface area contributed by atoms with E-state index in [1.807, 2.05) is 42.2 Å². The zero-order valence-corrected chi connectivity index (χ0v) is 14.2. The summed E-state index contributed by atoms with van der Waals surface area (Å²) in [5.41, 5.74) is 0.367. The van der Waals surface area contributed by atoms with Crippen LogP contribution in [0.15, 0.2) is 30.3 Å². The maximum absolute atomic E-state index is 13.1. The summed E-state index contributed by atoms with van der Waals surface area (Å²) in [7, 11) is 0. The Kier molecular flexibility index (Phi) is 4.17. The molecule has 1 aliphatic carbocycles. The second-order valence-electron chi connectivity index (χ2n) is 7.49. The van der Waals surface area contributed by atoms with Crippen LogP contribution < -0.4 is 5.32 Å². The molecule has 4 nitrogen and oxygen atoms in total. The molecule has 1 saturated carbocycles. The minimum absolute atomic E-state index is 0.0150. The average Bonchev–Trinajstić information content (AvgIpc) is 3.35. The van der Waals surface area contributed by atoms with Gasteiger partial charge in [0.05, 0.1) is 0 Å². The van der Waals surface area contributed by atoms with Crippen LogP contribution in [0.3, 0.4) is 0 Å². The number of carbonyl (C=O) groups excluding carboxylic acids is 2. The van der Waals surface area contributed by atoms with Gasteiger partial charge in [-0.3, -0.25) is 9.59 Å². The Labute approximate surface area is 138 Å². The van der Waals surface area contributed by atoms with Gasteiger partial charge in [0.1, 0.15) is 11.6 Å². The van der Waals surface area contributed by atoms with E-state index in [1.165, 1.54) is 0 Å². The summed E-state index contributed by atoms with van der Waals surface area (Å²) in [4.78, 5) is 27.7. The molecule has 2 atom stereocenters. The summed E-state index contributed by atoms with van der Waals surface area (Å²) in [6.45, 7) is 6.60. The van der Waals surface area contributed by atoms with Crippen molar-refractivity contribution in [1.82, 2.24) is 10.2 Å². The van der Waals surface area contributed by atoms with Crippen LogP contribution in [0.2, 0.25) is 0 Å². The highest BCUT2D eigenvalue weighted by molar-refractivity contribution is 6.00. The van der Waals surface area contributed by atoms with Crippen LogP contribution in [-0.4, -0.2) is 28.3 Å². The lowest BCUT2D eigenvalue weighted by Crippen LogP contribution is -2.70. The van der Waals surface area contributed by atoms with Gasteiger partial charge in [0.25, 0.3) is 0 Å². The molecule has 2 amide bonds. The normalized spacial score (nSPS) is 28.2. The lowest BCUT2D eigenvalue weighted by Gasteiger charge is -2.47. The van der Waals surface area contributed by atoms with Crippen LogP contribution in [0.25, 0.3) is 0 Å². The molecule has 2 unspecified atom stereocenters. The minimum atomic E-state index is -0.708. The lowest BCUT2D eigenvalue weighted by atomic mass is 9.86. The molecule has 0 radical (unpaired) electrons. The number of rotatable bonds is 5. The fourth-order valence-corrected chi connectivity index (χ4v) is 3.60. The number of nitrogens with zero attached hydrogens (tertiary/aromatic N) is 1. The Morgan fingerprint density at radius 1 is 1.22 bits per heavy atom. The van der Waals surface area contributed by atoms with Gasteiger partial charge in [0, 0.05) is 6.54 Å². The van der Waals surface area contributed by atoms with Crippen LogP contribution in [-0.2, 0) is 16.1 Å². The average molecular weight is 314 g/mol. The van der Waals surface area contributed by atoms with Gasteiger partial charge in [-0.15, -0.1) is 0 Å². The summed E-state index contributed by atoms with van der Waals surface area (Å²) in [5.74, 6) is 0.737. The minimum Gasteiger partial charge on any atom is -0.342 e. The summed E-state index contributed by atoms with van der Waals surface area (Å²) in [5, 5.41) is 3.00. The van der Waals surface area contributed by atoms with Crippen molar-refractivity contribution >= 4 is 11.8 Å². The van der Waals surface area contributed by atoms with Crippen molar-refractivity contribution in [2.45, 2.75) is 58.2 Å². The summed E-state index contributed by atoms with van der Waals surface area (Å²) in [6.07, 6.45) is 2.74. The topological polar surface area (TPSA) is 49.4 Å². The molecule has 4 heteroatoms. The van der Waals surface area contributed by atoms with Gasteiger partial charge in [-0.2, -0.15) is 0 Å². The number of nitrogens with one attached hydrogen (secondary N) is 1. The van der Waals surface area contributed by atoms with Gasteiger partial charge in [0.15, 0.2) is 0 Å². The molecule has 124 valence electrons. The van der Waals surface area contributed by atoms with Crippen molar-refractivity contribution in [1.29, 1.82) is 0 Å². The molecule has 1 heterocycles. The predicted molar refractivity (Wildman–Crippen MR) is 89.5 cm³/mol. The van der Waals surface area contributed by atoms with E-state index in [0.29, 0.717) is 18.9 Å². The molecule has 1 saturated heterocycles. The number of hydrogen-bond acceptors (Lipinski definition) is 2. The van der Waals surface area contributed by atoms with E-state index in [-0.39, 0.29) is 17.7 Å². The van der Waals surface area contributed by atoms with Gasteiger partial charge in [-0.1, -0.05) is 44.2 Å². The second kappa shape index (κ2) is 5.99. The SMILES string of the molecule is CC(C)CC1NC(=O)C(C)(C2CC2)N(Cc2ccccc2)C1=O. The van der Waals surface area contributed by atoms with Crippen molar-refractivity contribution in [3.63, 3.8) is 0 Å². The van der Waals surface area contributed by atoms with E-state index < -0.39 is 11.6 Å². The first-order valence-electron chi connectivity index (χ1n) is 8.59. The number of hydrogen-bond donors (Lipinski definition) is 1. The summed E-state index contributed by atoms with van der Waals surface area (Å²) in [6, 6.07) is 9.57. The molecule has 1 aliphatic heterocycles. The summed E-state index contributed by atoms with van der Waals surface area (Å²) < 4.78 is 0. The molecule has 3 rings (SSSR count). The van der Waals surface area contributed by atoms with E-state index in [2.05, 4.69) is 19.2 Å². The highest BCUT2D eigenvalue weighted by atomic mass is 16.2. The van der Waals surface area contributed by atoms with Gasteiger partial charge >= 0.3 is 0 Å². The van der Waals surface area contributed by atoms with Gasteiger partial charge in [0.2, 0.25) is 11.8 Å². The molecule has 2 aliphatic rings. The van der Waals surface area contributed by atoms with Crippen LogP contribution in [0, 0.1) is 11.8 Å². The Bertz CT molecular complexity index is 595. The molecule has 0 bridgehead atoms. The molecule has 0 aromatic heterocycles. The monoisotopic (exact) mass is 314 g/mol. The van der Waals surface area contributed by atoms with E-state index in [0.717, 1.165) is 18.4 Å². The van der Waals surface area contributed by atoms with Crippen molar-refractivity contribution < 1.29 is 9.59 Å². The molecular formula is C19H26N2O2. The van der Waals surface area contributed by atoms with Crippen molar-refractivity contribution in [3.05, 3.63) is 35.9 Å². The molecule has 0 spiro atoms. The molecule has 1 aromatic rings. The standard InChI is InChI=1S/C19H26N2O2/c1-13(2)11-16-17(22)21(12-14-7-5-4-6-8-14)19(3,15-9-10-15)18(23)20-16/h4-8,13,15-16H,9-12H2,1-3H3,(H,20,23).